The van der Waals surface area contributed by atoms with E-state index in [4.69, 9.17) is 14.2 Å². The van der Waals surface area contributed by atoms with Crippen LogP contribution in [0.1, 0.15) is 25.7 Å². The molecule has 1 aliphatic heterocycles. The second kappa shape index (κ2) is 6.56. The van der Waals surface area contributed by atoms with Gasteiger partial charge in [-0.3, -0.25) is 4.79 Å². The minimum atomic E-state index is -0.549. The van der Waals surface area contributed by atoms with Gasteiger partial charge in [-0.1, -0.05) is 13.2 Å². The average Bonchev–Trinajstić information content (AvgIpc) is 2.77. The Balaban J connectivity index is 1.76. The summed E-state index contributed by atoms with van der Waals surface area (Å²) in [4.78, 5) is 34.2. The lowest BCUT2D eigenvalue weighted by molar-refractivity contribution is -0.157. The summed E-state index contributed by atoms with van der Waals surface area (Å²) in [6.45, 7) is 6.93. The van der Waals surface area contributed by atoms with Crippen LogP contribution in [0, 0.1) is 5.92 Å². The van der Waals surface area contributed by atoms with Gasteiger partial charge in [-0.15, -0.1) is 0 Å². The van der Waals surface area contributed by atoms with Crippen molar-refractivity contribution < 1.29 is 28.6 Å². The summed E-state index contributed by atoms with van der Waals surface area (Å²) in [5, 5.41) is 0. The van der Waals surface area contributed by atoms with Crippen molar-refractivity contribution >= 4 is 17.9 Å². The van der Waals surface area contributed by atoms with Gasteiger partial charge in [0.15, 0.2) is 0 Å². The van der Waals surface area contributed by atoms with E-state index in [0.29, 0.717) is 19.3 Å². The molecular weight excluding hydrogens is 276 g/mol. The Bertz CT molecular complexity index is 481. The van der Waals surface area contributed by atoms with Gasteiger partial charge >= 0.3 is 17.9 Å². The maximum absolute atomic E-state index is 11.9. The summed E-state index contributed by atoms with van der Waals surface area (Å²) in [6, 6.07) is 0. The van der Waals surface area contributed by atoms with Gasteiger partial charge in [-0.05, 0) is 12.8 Å². The summed E-state index contributed by atoms with van der Waals surface area (Å²) in [6.07, 6.45) is 2.40. The van der Waals surface area contributed by atoms with E-state index >= 15 is 0 Å². The summed E-state index contributed by atoms with van der Waals surface area (Å²) in [5.74, 6) is -1.34. The van der Waals surface area contributed by atoms with Crippen LogP contribution in [0.2, 0.25) is 0 Å². The maximum atomic E-state index is 11.9. The van der Waals surface area contributed by atoms with Gasteiger partial charge < -0.3 is 14.2 Å². The van der Waals surface area contributed by atoms with E-state index in [-0.39, 0.29) is 36.6 Å². The smallest absolute Gasteiger partial charge is 0.333 e. The Morgan fingerprint density at radius 2 is 2.14 bits per heavy atom. The second-order valence-electron chi connectivity index (χ2n) is 5.15. The maximum Gasteiger partial charge on any atom is 0.333 e. The van der Waals surface area contributed by atoms with Crippen molar-refractivity contribution in [2.75, 3.05) is 6.61 Å². The van der Waals surface area contributed by atoms with Crippen LogP contribution in [0.5, 0.6) is 0 Å². The Morgan fingerprint density at radius 3 is 2.86 bits per heavy atom. The number of hydrogen-bond donors (Lipinski definition) is 0. The van der Waals surface area contributed by atoms with Crippen LogP contribution in [0.15, 0.2) is 24.8 Å². The van der Waals surface area contributed by atoms with Crippen molar-refractivity contribution in [3.05, 3.63) is 24.8 Å². The molecule has 0 aromatic rings. The third kappa shape index (κ3) is 3.71. The highest BCUT2D eigenvalue weighted by atomic mass is 16.6. The zero-order valence-corrected chi connectivity index (χ0v) is 11.7. The number of fused-ring (bicyclic) bond motifs is 2. The summed E-state index contributed by atoms with van der Waals surface area (Å²) < 4.78 is 15.3. The first-order chi connectivity index (χ1) is 10.0. The zero-order valence-electron chi connectivity index (χ0n) is 11.7. The van der Waals surface area contributed by atoms with E-state index in [9.17, 15) is 14.4 Å². The van der Waals surface area contributed by atoms with E-state index in [0.717, 1.165) is 6.08 Å². The molecule has 0 amide bonds. The number of hydrogen-bond acceptors (Lipinski definition) is 6. The molecule has 0 spiro atoms. The summed E-state index contributed by atoms with van der Waals surface area (Å²) in [7, 11) is 0. The molecule has 0 aromatic carbocycles. The quantitative estimate of drug-likeness (QED) is 0.417. The molecule has 6 heteroatoms. The highest BCUT2D eigenvalue weighted by Crippen LogP contribution is 2.36. The molecule has 2 rings (SSSR count). The van der Waals surface area contributed by atoms with Crippen molar-refractivity contribution in [2.45, 2.75) is 37.9 Å². The van der Waals surface area contributed by atoms with Gasteiger partial charge in [-0.2, -0.15) is 0 Å². The number of carbonyl (C=O) groups excluding carboxylic acids is 3. The first-order valence-electron chi connectivity index (χ1n) is 6.89. The van der Waals surface area contributed by atoms with E-state index in [2.05, 4.69) is 13.2 Å². The Hall–Kier alpha value is -2.11. The van der Waals surface area contributed by atoms with Crippen molar-refractivity contribution in [2.24, 2.45) is 5.92 Å². The first kappa shape index (κ1) is 15.3. The molecule has 3 unspecified atom stereocenters. The topological polar surface area (TPSA) is 78.9 Å². The van der Waals surface area contributed by atoms with Crippen LogP contribution >= 0.6 is 0 Å². The molecule has 2 fully saturated rings. The van der Waals surface area contributed by atoms with Crippen molar-refractivity contribution in [3.63, 3.8) is 0 Å². The third-order valence-electron chi connectivity index (χ3n) is 3.69. The number of carbonyl (C=O) groups is 3. The molecule has 6 nitrogen and oxygen atoms in total. The van der Waals surface area contributed by atoms with Gasteiger partial charge in [0, 0.05) is 24.5 Å². The lowest BCUT2D eigenvalue weighted by Crippen LogP contribution is -2.34. The third-order valence-corrected chi connectivity index (χ3v) is 3.69. The molecule has 1 aliphatic carbocycles. The number of rotatable bonds is 6. The van der Waals surface area contributed by atoms with Gasteiger partial charge in [0.2, 0.25) is 0 Å². The summed E-state index contributed by atoms with van der Waals surface area (Å²) in [5.41, 5.74) is 0.221. The van der Waals surface area contributed by atoms with Gasteiger partial charge in [0.25, 0.3) is 0 Å². The second-order valence-corrected chi connectivity index (χ2v) is 5.15. The Kier molecular flexibility index (Phi) is 4.77. The normalized spacial score (nSPS) is 26.7. The standard InChI is InChI=1S/C15H18O6/c1-3-13(16)19-7-6-9(2)14(17)20-11-5-4-10-8-12(11)21-15(10)18/h3,10-12H,1-2,4-8H2. The molecule has 0 radical (unpaired) electrons. The molecule has 21 heavy (non-hydrogen) atoms. The van der Waals surface area contributed by atoms with Crippen molar-refractivity contribution in [3.8, 4) is 0 Å². The highest BCUT2D eigenvalue weighted by molar-refractivity contribution is 5.88. The van der Waals surface area contributed by atoms with E-state index in [1.165, 1.54) is 0 Å². The largest absolute Gasteiger partial charge is 0.462 e. The zero-order chi connectivity index (χ0) is 15.4. The van der Waals surface area contributed by atoms with Crippen LogP contribution in [0.25, 0.3) is 0 Å². The van der Waals surface area contributed by atoms with Crippen LogP contribution < -0.4 is 0 Å². The van der Waals surface area contributed by atoms with Gasteiger partial charge in [0.1, 0.15) is 12.2 Å². The minimum Gasteiger partial charge on any atom is -0.462 e. The molecule has 2 aliphatic rings. The molecule has 1 saturated heterocycles. The fraction of sp³-hybridized carbons (Fsp3) is 0.533. The van der Waals surface area contributed by atoms with E-state index in [1.54, 1.807) is 0 Å². The highest BCUT2D eigenvalue weighted by Gasteiger charge is 2.45. The number of esters is 3. The molecular formula is C15H18O6. The van der Waals surface area contributed by atoms with Gasteiger partial charge in [0.05, 0.1) is 12.5 Å². The number of ether oxygens (including phenoxy) is 3. The fourth-order valence-electron chi connectivity index (χ4n) is 2.48. The first-order valence-corrected chi connectivity index (χ1v) is 6.89. The molecule has 0 N–H and O–H groups in total. The van der Waals surface area contributed by atoms with Gasteiger partial charge in [-0.25, -0.2) is 9.59 Å². The molecule has 114 valence electrons. The predicted octanol–water partition coefficient (Wildman–Crippen LogP) is 1.30. The molecule has 1 heterocycles. The monoisotopic (exact) mass is 294 g/mol. The Labute approximate surface area is 122 Å². The minimum absolute atomic E-state index is 0.0456. The SMILES string of the molecule is C=CC(=O)OCCC(=C)C(=O)OC1CCC2CC1OC2=O. The lowest BCUT2D eigenvalue weighted by Gasteiger charge is -2.25. The van der Waals surface area contributed by atoms with Crippen LogP contribution in [-0.2, 0) is 28.6 Å². The van der Waals surface area contributed by atoms with Crippen molar-refractivity contribution in [1.29, 1.82) is 0 Å². The van der Waals surface area contributed by atoms with Crippen LogP contribution in [0.3, 0.4) is 0 Å². The Morgan fingerprint density at radius 1 is 1.38 bits per heavy atom. The summed E-state index contributed by atoms with van der Waals surface area (Å²) >= 11 is 0. The molecule has 3 atom stereocenters. The molecule has 2 bridgehead atoms. The average molecular weight is 294 g/mol. The fourth-order valence-corrected chi connectivity index (χ4v) is 2.48. The van der Waals surface area contributed by atoms with E-state index < -0.39 is 18.0 Å². The van der Waals surface area contributed by atoms with Crippen LogP contribution in [-0.4, -0.2) is 36.7 Å². The predicted molar refractivity (Wildman–Crippen MR) is 72.0 cm³/mol. The lowest BCUT2D eigenvalue weighted by atomic mass is 9.88. The van der Waals surface area contributed by atoms with Crippen molar-refractivity contribution in [1.82, 2.24) is 0 Å². The molecule has 1 saturated carbocycles. The van der Waals surface area contributed by atoms with Crippen LogP contribution in [0.4, 0.5) is 0 Å². The van der Waals surface area contributed by atoms with E-state index in [1.807, 2.05) is 0 Å². The molecule has 0 aromatic heterocycles.